The highest BCUT2D eigenvalue weighted by Gasteiger charge is 2.14. The number of nitrogens with zero attached hydrogens (tertiary/aromatic N) is 3. The lowest BCUT2D eigenvalue weighted by molar-refractivity contribution is -0.118. The predicted molar refractivity (Wildman–Crippen MR) is 102 cm³/mol. The molecule has 2 aromatic heterocycles. The Hall–Kier alpha value is -3.26. The summed E-state index contributed by atoms with van der Waals surface area (Å²) in [5, 5.41) is 7.88. The Morgan fingerprint density at radius 3 is 2.78 bits per heavy atom. The van der Waals surface area contributed by atoms with Crippen molar-refractivity contribution in [1.82, 2.24) is 14.8 Å². The van der Waals surface area contributed by atoms with Gasteiger partial charge in [0.05, 0.1) is 15.9 Å². The number of hydrogen-bond donors (Lipinski definition) is 1. The van der Waals surface area contributed by atoms with Gasteiger partial charge in [-0.3, -0.25) is 4.79 Å². The van der Waals surface area contributed by atoms with E-state index in [1.165, 1.54) is 35.6 Å². The number of carbonyl (C=O) groups is 1. The molecule has 0 aliphatic heterocycles. The SMILES string of the molecule is Cc1cc(NC(=O)COc2ccc(F)cc2)n(-c2nc3ccccc3s2)n1. The Labute approximate surface area is 158 Å². The van der Waals surface area contributed by atoms with Gasteiger partial charge in [-0.05, 0) is 43.3 Å². The van der Waals surface area contributed by atoms with E-state index >= 15 is 0 Å². The molecule has 4 rings (SSSR count). The van der Waals surface area contributed by atoms with Crippen LogP contribution >= 0.6 is 11.3 Å². The highest BCUT2D eigenvalue weighted by Crippen LogP contribution is 2.27. The summed E-state index contributed by atoms with van der Waals surface area (Å²) >= 11 is 1.49. The molecule has 2 aromatic carbocycles. The molecule has 1 N–H and O–H groups in total. The van der Waals surface area contributed by atoms with Crippen molar-refractivity contribution < 1.29 is 13.9 Å². The first-order chi connectivity index (χ1) is 13.1. The van der Waals surface area contributed by atoms with E-state index in [1.54, 1.807) is 10.7 Å². The predicted octanol–water partition coefficient (Wildman–Crippen LogP) is 3.95. The van der Waals surface area contributed by atoms with Gasteiger partial charge in [0, 0.05) is 6.07 Å². The van der Waals surface area contributed by atoms with E-state index in [0.717, 1.165) is 15.9 Å². The van der Waals surface area contributed by atoms with E-state index in [1.807, 2.05) is 31.2 Å². The largest absolute Gasteiger partial charge is 0.484 e. The zero-order valence-electron chi connectivity index (χ0n) is 14.3. The van der Waals surface area contributed by atoms with Gasteiger partial charge in [0.15, 0.2) is 6.61 Å². The van der Waals surface area contributed by atoms with Crippen molar-refractivity contribution >= 4 is 33.3 Å². The summed E-state index contributed by atoms with van der Waals surface area (Å²) in [6, 6.07) is 15.1. The summed E-state index contributed by atoms with van der Waals surface area (Å²) < 4.78 is 20.9. The molecule has 0 radical (unpaired) electrons. The summed E-state index contributed by atoms with van der Waals surface area (Å²) in [5.74, 6) is 0.227. The molecule has 27 heavy (non-hydrogen) atoms. The maximum atomic E-state index is 12.9. The zero-order valence-corrected chi connectivity index (χ0v) is 15.2. The van der Waals surface area contributed by atoms with Crippen LogP contribution in [0, 0.1) is 12.7 Å². The monoisotopic (exact) mass is 382 g/mol. The number of nitrogens with one attached hydrogen (secondary N) is 1. The maximum absolute atomic E-state index is 12.9. The maximum Gasteiger partial charge on any atom is 0.263 e. The van der Waals surface area contributed by atoms with Crippen molar-refractivity contribution in [3.8, 4) is 10.9 Å². The quantitative estimate of drug-likeness (QED) is 0.568. The van der Waals surface area contributed by atoms with Crippen LogP contribution in [0.2, 0.25) is 0 Å². The number of aromatic nitrogens is 3. The molecule has 0 aliphatic rings. The van der Waals surface area contributed by atoms with Gasteiger partial charge < -0.3 is 10.1 Å². The molecule has 8 heteroatoms. The van der Waals surface area contributed by atoms with Crippen LogP contribution in [0.5, 0.6) is 5.75 Å². The minimum Gasteiger partial charge on any atom is -0.484 e. The van der Waals surface area contributed by atoms with Gasteiger partial charge in [0.2, 0.25) is 5.13 Å². The van der Waals surface area contributed by atoms with Crippen LogP contribution < -0.4 is 10.1 Å². The van der Waals surface area contributed by atoms with Gasteiger partial charge in [-0.1, -0.05) is 23.5 Å². The third-order valence-electron chi connectivity index (χ3n) is 3.75. The number of anilines is 1. The summed E-state index contributed by atoms with van der Waals surface area (Å²) in [4.78, 5) is 16.8. The molecular formula is C19H15FN4O2S. The third-order valence-corrected chi connectivity index (χ3v) is 4.76. The summed E-state index contributed by atoms with van der Waals surface area (Å²) in [6.45, 7) is 1.64. The van der Waals surface area contributed by atoms with Gasteiger partial charge in [-0.2, -0.15) is 9.78 Å². The number of carbonyl (C=O) groups excluding carboxylic acids is 1. The van der Waals surface area contributed by atoms with Crippen LogP contribution in [-0.4, -0.2) is 27.3 Å². The first-order valence-electron chi connectivity index (χ1n) is 8.19. The van der Waals surface area contributed by atoms with E-state index in [0.29, 0.717) is 16.7 Å². The lowest BCUT2D eigenvalue weighted by Gasteiger charge is -2.08. The second-order valence-electron chi connectivity index (χ2n) is 5.84. The number of fused-ring (bicyclic) bond motifs is 1. The molecule has 0 atom stereocenters. The Balaban J connectivity index is 1.50. The Morgan fingerprint density at radius 2 is 2.00 bits per heavy atom. The van der Waals surface area contributed by atoms with Crippen LogP contribution in [0.1, 0.15) is 5.69 Å². The molecule has 136 valence electrons. The Bertz CT molecular complexity index is 1070. The number of amides is 1. The average Bonchev–Trinajstić information content (AvgIpc) is 3.24. The molecule has 0 saturated carbocycles. The summed E-state index contributed by atoms with van der Waals surface area (Å²) in [7, 11) is 0. The smallest absolute Gasteiger partial charge is 0.263 e. The fraction of sp³-hybridized carbons (Fsp3) is 0.105. The average molecular weight is 382 g/mol. The Morgan fingerprint density at radius 1 is 1.22 bits per heavy atom. The van der Waals surface area contributed by atoms with Gasteiger partial charge in [0.25, 0.3) is 5.91 Å². The molecule has 6 nitrogen and oxygen atoms in total. The molecular weight excluding hydrogens is 367 g/mol. The zero-order chi connectivity index (χ0) is 18.8. The number of aryl methyl sites for hydroxylation is 1. The van der Waals surface area contributed by atoms with Gasteiger partial charge >= 0.3 is 0 Å². The van der Waals surface area contributed by atoms with E-state index in [2.05, 4.69) is 15.4 Å². The number of benzene rings is 2. The topological polar surface area (TPSA) is 69.0 Å². The fourth-order valence-corrected chi connectivity index (χ4v) is 3.47. The molecule has 2 heterocycles. The van der Waals surface area contributed by atoms with Crippen molar-refractivity contribution in [2.45, 2.75) is 6.92 Å². The van der Waals surface area contributed by atoms with Crippen molar-refractivity contribution in [3.63, 3.8) is 0 Å². The van der Waals surface area contributed by atoms with E-state index < -0.39 is 0 Å². The second kappa shape index (κ2) is 7.16. The highest BCUT2D eigenvalue weighted by atomic mass is 32.1. The second-order valence-corrected chi connectivity index (χ2v) is 6.85. The number of rotatable bonds is 5. The van der Waals surface area contributed by atoms with Crippen molar-refractivity contribution in [2.75, 3.05) is 11.9 Å². The van der Waals surface area contributed by atoms with Crippen molar-refractivity contribution in [1.29, 1.82) is 0 Å². The lowest BCUT2D eigenvalue weighted by Crippen LogP contribution is -2.21. The molecule has 0 unspecified atom stereocenters. The van der Waals surface area contributed by atoms with Gasteiger partial charge in [-0.15, -0.1) is 0 Å². The Kier molecular flexibility index (Phi) is 4.55. The van der Waals surface area contributed by atoms with Gasteiger partial charge in [-0.25, -0.2) is 9.37 Å². The minimum absolute atomic E-state index is 0.199. The normalized spacial score (nSPS) is 10.9. The van der Waals surface area contributed by atoms with E-state index in [4.69, 9.17) is 4.74 Å². The standard InChI is InChI=1S/C19H15FN4O2S/c1-12-10-17(22-18(25)11-26-14-8-6-13(20)7-9-14)24(23-12)19-21-15-4-2-3-5-16(15)27-19/h2-10H,11H2,1H3,(H,22,25). The summed E-state index contributed by atoms with van der Waals surface area (Å²) in [6.07, 6.45) is 0. The van der Waals surface area contributed by atoms with Crippen molar-refractivity contribution in [3.05, 3.63) is 66.1 Å². The van der Waals surface area contributed by atoms with Crippen molar-refractivity contribution in [2.24, 2.45) is 0 Å². The van der Waals surface area contributed by atoms with Gasteiger partial charge in [0.1, 0.15) is 17.4 Å². The minimum atomic E-state index is -0.359. The van der Waals surface area contributed by atoms with Crippen LogP contribution in [0.15, 0.2) is 54.6 Å². The van der Waals surface area contributed by atoms with Crippen LogP contribution in [-0.2, 0) is 4.79 Å². The van der Waals surface area contributed by atoms with Crippen LogP contribution in [0.3, 0.4) is 0 Å². The first kappa shape index (κ1) is 17.2. The van der Waals surface area contributed by atoms with Crippen LogP contribution in [0.4, 0.5) is 10.2 Å². The number of hydrogen-bond acceptors (Lipinski definition) is 5. The fourth-order valence-electron chi connectivity index (χ4n) is 2.54. The molecule has 0 saturated heterocycles. The molecule has 0 spiro atoms. The molecule has 0 fully saturated rings. The summed E-state index contributed by atoms with van der Waals surface area (Å²) in [5.41, 5.74) is 1.63. The lowest BCUT2D eigenvalue weighted by atomic mass is 10.3. The number of halogens is 1. The van der Waals surface area contributed by atoms with E-state index in [-0.39, 0.29) is 18.3 Å². The third kappa shape index (κ3) is 3.80. The molecule has 0 aliphatic carbocycles. The molecule has 1 amide bonds. The first-order valence-corrected chi connectivity index (χ1v) is 9.01. The molecule has 4 aromatic rings. The number of thiazole rings is 1. The highest BCUT2D eigenvalue weighted by molar-refractivity contribution is 7.20. The number of para-hydroxylation sites is 1. The number of ether oxygens (including phenoxy) is 1. The molecule has 0 bridgehead atoms. The van der Waals surface area contributed by atoms with Crippen LogP contribution in [0.25, 0.3) is 15.3 Å². The van der Waals surface area contributed by atoms with E-state index in [9.17, 15) is 9.18 Å².